The second kappa shape index (κ2) is 6.64. The average Bonchev–Trinajstić information content (AvgIpc) is 2.98. The minimum Gasteiger partial charge on any atom is -0.328 e. The van der Waals surface area contributed by atoms with Crippen LogP contribution in [0.5, 0.6) is 0 Å². The van der Waals surface area contributed by atoms with E-state index in [-0.39, 0.29) is 11.3 Å². The van der Waals surface area contributed by atoms with E-state index < -0.39 is 0 Å². The first kappa shape index (κ1) is 17.5. The highest BCUT2D eigenvalue weighted by Crippen LogP contribution is 2.26. The fourth-order valence-electron chi connectivity index (χ4n) is 2.86. The van der Waals surface area contributed by atoms with E-state index in [9.17, 15) is 9.59 Å². The molecule has 1 aromatic carbocycles. The summed E-state index contributed by atoms with van der Waals surface area (Å²) in [6.45, 7) is 1.75. The number of nitrogens with one attached hydrogen (secondary N) is 1. The maximum Gasteiger partial charge on any atom is 0.247 e. The van der Waals surface area contributed by atoms with Crippen LogP contribution in [0.3, 0.4) is 0 Å². The third-order valence-electron chi connectivity index (χ3n) is 4.15. The van der Waals surface area contributed by atoms with Gasteiger partial charge >= 0.3 is 0 Å². The zero-order valence-corrected chi connectivity index (χ0v) is 15.5. The molecular formula is C19H12Cl2N4O2. The van der Waals surface area contributed by atoms with Gasteiger partial charge in [-0.1, -0.05) is 23.2 Å². The normalized spacial score (nSPS) is 11.1. The Labute approximate surface area is 163 Å². The van der Waals surface area contributed by atoms with Gasteiger partial charge in [0.1, 0.15) is 5.69 Å². The van der Waals surface area contributed by atoms with Crippen molar-refractivity contribution < 1.29 is 4.79 Å². The fraction of sp³-hybridized carbons (Fsp3) is 0.0526. The Morgan fingerprint density at radius 2 is 2.00 bits per heavy atom. The van der Waals surface area contributed by atoms with E-state index in [1.807, 2.05) is 0 Å². The lowest BCUT2D eigenvalue weighted by atomic mass is 10.1. The molecule has 0 unspecified atom stereocenters. The highest BCUT2D eigenvalue weighted by molar-refractivity contribution is 6.36. The van der Waals surface area contributed by atoms with E-state index in [1.165, 1.54) is 12.1 Å². The molecule has 8 heteroatoms. The van der Waals surface area contributed by atoms with Gasteiger partial charge in [0.15, 0.2) is 5.65 Å². The first-order valence-electron chi connectivity index (χ1n) is 7.97. The van der Waals surface area contributed by atoms with Gasteiger partial charge in [-0.2, -0.15) is 0 Å². The van der Waals surface area contributed by atoms with E-state index in [4.69, 9.17) is 23.2 Å². The molecule has 0 saturated heterocycles. The summed E-state index contributed by atoms with van der Waals surface area (Å²) in [6, 6.07) is 7.82. The summed E-state index contributed by atoms with van der Waals surface area (Å²) < 4.78 is 1.67. The number of carbonyl (C=O) groups is 1. The first-order valence-corrected chi connectivity index (χ1v) is 8.73. The number of hydrogen-bond acceptors (Lipinski definition) is 4. The molecular weight excluding hydrogens is 387 g/mol. The quantitative estimate of drug-likeness (QED) is 0.530. The summed E-state index contributed by atoms with van der Waals surface area (Å²) in [5.41, 5.74) is 2.85. The average molecular weight is 399 g/mol. The molecule has 0 radical (unpaired) electrons. The Bertz CT molecular complexity index is 1240. The number of fused-ring (bicyclic) bond motifs is 1. The Hall–Kier alpha value is -2.96. The Morgan fingerprint density at radius 3 is 2.74 bits per heavy atom. The molecule has 1 N–H and O–H groups in total. The number of pyridine rings is 1. The molecule has 0 aliphatic rings. The number of benzene rings is 1. The van der Waals surface area contributed by atoms with E-state index in [0.717, 1.165) is 0 Å². The van der Waals surface area contributed by atoms with E-state index in [0.29, 0.717) is 43.9 Å². The molecule has 0 saturated carbocycles. The van der Waals surface area contributed by atoms with Crippen molar-refractivity contribution in [2.24, 2.45) is 0 Å². The Morgan fingerprint density at radius 1 is 1.19 bits per heavy atom. The molecule has 4 aromatic rings. The van der Waals surface area contributed by atoms with Crippen molar-refractivity contribution >= 4 is 34.6 Å². The molecule has 0 amide bonds. The summed E-state index contributed by atoms with van der Waals surface area (Å²) in [5.74, 6) is -0.286. The first-order chi connectivity index (χ1) is 12.9. The topological polar surface area (TPSA) is 80.1 Å². The van der Waals surface area contributed by atoms with Gasteiger partial charge in [0.05, 0.1) is 22.6 Å². The lowest BCUT2D eigenvalue weighted by Crippen LogP contribution is -2.08. The molecule has 0 fully saturated rings. The number of ketones is 1. The van der Waals surface area contributed by atoms with E-state index in [1.54, 1.807) is 48.1 Å². The third kappa shape index (κ3) is 3.13. The molecule has 0 bridgehead atoms. The lowest BCUT2D eigenvalue weighted by molar-refractivity contribution is 0.103. The maximum atomic E-state index is 13.1. The summed E-state index contributed by atoms with van der Waals surface area (Å²) >= 11 is 12.2. The van der Waals surface area contributed by atoms with Crippen LogP contribution < -0.4 is 5.56 Å². The molecule has 0 atom stereocenters. The number of H-pyrrole nitrogens is 1. The number of nitrogens with zero attached hydrogens (tertiary/aromatic N) is 3. The van der Waals surface area contributed by atoms with Crippen LogP contribution in [0, 0.1) is 6.92 Å². The van der Waals surface area contributed by atoms with Crippen LogP contribution in [-0.4, -0.2) is 25.1 Å². The van der Waals surface area contributed by atoms with Crippen molar-refractivity contribution in [3.63, 3.8) is 0 Å². The number of aromatic nitrogens is 4. The fourth-order valence-corrected chi connectivity index (χ4v) is 3.24. The number of carbonyl (C=O) groups excluding carboxylic acids is 1. The van der Waals surface area contributed by atoms with Gasteiger partial charge in [-0.05, 0) is 31.2 Å². The van der Waals surface area contributed by atoms with Gasteiger partial charge in [-0.15, -0.1) is 0 Å². The monoisotopic (exact) mass is 398 g/mol. The van der Waals surface area contributed by atoms with Crippen molar-refractivity contribution in [2.45, 2.75) is 6.92 Å². The van der Waals surface area contributed by atoms with Gasteiger partial charge in [0.25, 0.3) is 0 Å². The molecule has 3 heterocycles. The molecule has 0 spiro atoms. The predicted molar refractivity (Wildman–Crippen MR) is 104 cm³/mol. The van der Waals surface area contributed by atoms with Crippen molar-refractivity contribution in [2.75, 3.05) is 0 Å². The summed E-state index contributed by atoms with van der Waals surface area (Å²) in [6.07, 6.45) is 4.84. The third-order valence-corrected chi connectivity index (χ3v) is 4.72. The smallest absolute Gasteiger partial charge is 0.247 e. The van der Waals surface area contributed by atoms with Gasteiger partial charge in [-0.25, -0.2) is 4.98 Å². The number of aryl methyl sites for hydroxylation is 1. The van der Waals surface area contributed by atoms with E-state index in [2.05, 4.69) is 15.0 Å². The van der Waals surface area contributed by atoms with Crippen LogP contribution in [0.4, 0.5) is 0 Å². The Kier molecular flexibility index (Phi) is 4.30. The second-order valence-corrected chi connectivity index (χ2v) is 6.79. The number of aromatic amines is 1. The van der Waals surface area contributed by atoms with Gasteiger partial charge in [-0.3, -0.25) is 19.0 Å². The molecule has 0 aliphatic heterocycles. The molecule has 27 heavy (non-hydrogen) atoms. The van der Waals surface area contributed by atoms with Crippen LogP contribution in [0.1, 0.15) is 21.7 Å². The highest BCUT2D eigenvalue weighted by Gasteiger charge is 2.21. The number of hydrogen-bond donors (Lipinski definition) is 1. The molecule has 134 valence electrons. The van der Waals surface area contributed by atoms with Crippen molar-refractivity contribution in [1.82, 2.24) is 19.4 Å². The van der Waals surface area contributed by atoms with Gasteiger partial charge in [0, 0.05) is 34.6 Å². The van der Waals surface area contributed by atoms with Crippen LogP contribution in [0.25, 0.3) is 16.9 Å². The van der Waals surface area contributed by atoms with Gasteiger partial charge < -0.3 is 4.98 Å². The predicted octanol–water partition coefficient (Wildman–Crippen LogP) is 3.93. The largest absolute Gasteiger partial charge is 0.328 e. The van der Waals surface area contributed by atoms with Crippen molar-refractivity contribution in [3.05, 3.63) is 86.3 Å². The van der Waals surface area contributed by atoms with Crippen LogP contribution >= 0.6 is 23.2 Å². The van der Waals surface area contributed by atoms with Crippen LogP contribution in [-0.2, 0) is 0 Å². The number of halogens is 2. The maximum absolute atomic E-state index is 13.1. The molecule has 0 aliphatic carbocycles. The zero-order chi connectivity index (χ0) is 19.1. The lowest BCUT2D eigenvalue weighted by Gasteiger charge is -2.07. The van der Waals surface area contributed by atoms with Crippen LogP contribution in [0.15, 0.2) is 53.7 Å². The van der Waals surface area contributed by atoms with Gasteiger partial charge in [0.2, 0.25) is 11.3 Å². The summed E-state index contributed by atoms with van der Waals surface area (Å²) in [4.78, 5) is 35.8. The molecule has 3 aromatic heterocycles. The second-order valence-electron chi connectivity index (χ2n) is 5.94. The highest BCUT2D eigenvalue weighted by atomic mass is 35.5. The van der Waals surface area contributed by atoms with Crippen LogP contribution in [0.2, 0.25) is 10.0 Å². The summed E-state index contributed by atoms with van der Waals surface area (Å²) in [7, 11) is 0. The number of rotatable bonds is 3. The zero-order valence-electron chi connectivity index (χ0n) is 14.0. The Balaban J connectivity index is 1.90. The number of imidazole rings is 1. The van der Waals surface area contributed by atoms with E-state index >= 15 is 0 Å². The van der Waals surface area contributed by atoms with Crippen molar-refractivity contribution in [3.8, 4) is 11.3 Å². The standard InChI is InChI=1S/C19H12Cl2N4O2/c1-10-18(19(27)13-6-12(20)3-4-14(13)21)25-9-15(22-8-16(25)24-10)11-2-5-17(26)23-7-11/h2-9H,1H3,(H,23,26). The molecule has 6 nitrogen and oxygen atoms in total. The molecule has 4 rings (SSSR count). The summed E-state index contributed by atoms with van der Waals surface area (Å²) in [5, 5.41) is 0.735. The minimum absolute atomic E-state index is 0.204. The SMILES string of the molecule is Cc1nc2cnc(-c3ccc(=O)[nH]c3)cn2c1C(=O)c1cc(Cl)ccc1Cl. The minimum atomic E-state index is -0.286. The van der Waals surface area contributed by atoms with Crippen molar-refractivity contribution in [1.29, 1.82) is 0 Å².